The van der Waals surface area contributed by atoms with Crippen LogP contribution >= 0.6 is 15.9 Å². The minimum Gasteiger partial charge on any atom is -0.490 e. The molecule has 0 aliphatic heterocycles. The van der Waals surface area contributed by atoms with Gasteiger partial charge in [0.25, 0.3) is 0 Å². The quantitative estimate of drug-likeness (QED) is 0.712. The molecule has 0 saturated heterocycles. The first-order valence-electron chi connectivity index (χ1n) is 7.41. The van der Waals surface area contributed by atoms with Gasteiger partial charge in [-0.3, -0.25) is 0 Å². The zero-order valence-electron chi connectivity index (χ0n) is 12.3. The van der Waals surface area contributed by atoms with Crippen molar-refractivity contribution >= 4 is 26.7 Å². The van der Waals surface area contributed by atoms with Gasteiger partial charge in [-0.2, -0.15) is 0 Å². The Kier molecular flexibility index (Phi) is 6.49. The summed E-state index contributed by atoms with van der Waals surface area (Å²) >= 11 is 3.58. The van der Waals surface area contributed by atoms with E-state index in [1.165, 1.54) is 5.39 Å². The molecule has 114 valence electrons. The maximum atomic E-state index is 9.91. The van der Waals surface area contributed by atoms with Crippen molar-refractivity contribution in [3.8, 4) is 5.75 Å². The minimum absolute atomic E-state index is 0.288. The average Bonchev–Trinajstić information content (AvgIpc) is 2.51. The van der Waals surface area contributed by atoms with E-state index in [9.17, 15) is 5.11 Å². The first kappa shape index (κ1) is 16.3. The summed E-state index contributed by atoms with van der Waals surface area (Å²) < 4.78 is 6.66. The monoisotopic (exact) mass is 351 g/mol. The Morgan fingerprint density at radius 1 is 1.24 bits per heavy atom. The summed E-state index contributed by atoms with van der Waals surface area (Å²) in [4.78, 5) is 0. The van der Waals surface area contributed by atoms with E-state index in [1.807, 2.05) is 24.3 Å². The molecule has 0 amide bonds. The number of ether oxygens (including phenoxy) is 1. The van der Waals surface area contributed by atoms with Crippen LogP contribution < -0.4 is 10.1 Å². The summed E-state index contributed by atoms with van der Waals surface area (Å²) in [6.07, 6.45) is 1.79. The fraction of sp³-hybridized carbons (Fsp3) is 0.412. The maximum Gasteiger partial charge on any atom is 0.134 e. The zero-order valence-corrected chi connectivity index (χ0v) is 13.9. The SMILES string of the molecule is CCCCNCC(O)COc1ccc2ccccc2c1Br. The van der Waals surface area contributed by atoms with Crippen LogP contribution in [-0.4, -0.2) is 30.9 Å². The van der Waals surface area contributed by atoms with Gasteiger partial charge in [0.15, 0.2) is 0 Å². The molecule has 2 rings (SSSR count). The van der Waals surface area contributed by atoms with Crippen LogP contribution in [0.5, 0.6) is 5.75 Å². The summed E-state index contributed by atoms with van der Waals surface area (Å²) in [7, 11) is 0. The van der Waals surface area contributed by atoms with E-state index in [0.29, 0.717) is 6.54 Å². The second-order valence-electron chi connectivity index (χ2n) is 5.12. The minimum atomic E-state index is -0.500. The van der Waals surface area contributed by atoms with Crippen molar-refractivity contribution in [2.75, 3.05) is 19.7 Å². The first-order valence-corrected chi connectivity index (χ1v) is 8.20. The molecule has 0 fully saturated rings. The van der Waals surface area contributed by atoms with E-state index < -0.39 is 6.10 Å². The molecule has 0 aliphatic carbocycles. The molecule has 0 radical (unpaired) electrons. The predicted octanol–water partition coefficient (Wildman–Crippen LogP) is 3.73. The first-order chi connectivity index (χ1) is 10.2. The fourth-order valence-corrected chi connectivity index (χ4v) is 2.75. The summed E-state index contributed by atoms with van der Waals surface area (Å²) in [6, 6.07) is 12.1. The molecule has 0 bridgehead atoms. The van der Waals surface area contributed by atoms with Gasteiger partial charge in [-0.05, 0) is 45.7 Å². The van der Waals surface area contributed by atoms with Crippen molar-refractivity contribution in [3.05, 3.63) is 40.9 Å². The number of nitrogens with one attached hydrogen (secondary N) is 1. The average molecular weight is 352 g/mol. The third-order valence-electron chi connectivity index (χ3n) is 3.35. The molecule has 1 atom stereocenters. The second kappa shape index (κ2) is 8.37. The summed E-state index contributed by atoms with van der Waals surface area (Å²) in [6.45, 7) is 3.94. The lowest BCUT2D eigenvalue weighted by Gasteiger charge is -2.15. The van der Waals surface area contributed by atoms with E-state index in [2.05, 4.69) is 40.3 Å². The molecular formula is C17H22BrNO2. The van der Waals surface area contributed by atoms with Crippen molar-refractivity contribution in [1.29, 1.82) is 0 Å². The van der Waals surface area contributed by atoms with Crippen LogP contribution in [0.1, 0.15) is 19.8 Å². The van der Waals surface area contributed by atoms with Gasteiger partial charge in [-0.1, -0.05) is 43.7 Å². The number of aliphatic hydroxyl groups is 1. The van der Waals surface area contributed by atoms with Gasteiger partial charge in [0.2, 0.25) is 0 Å². The van der Waals surface area contributed by atoms with Gasteiger partial charge in [0, 0.05) is 6.54 Å². The molecular weight excluding hydrogens is 330 g/mol. The Bertz CT molecular complexity index is 574. The smallest absolute Gasteiger partial charge is 0.134 e. The lowest BCUT2D eigenvalue weighted by molar-refractivity contribution is 0.106. The number of fused-ring (bicyclic) bond motifs is 1. The Labute approximate surface area is 134 Å². The number of halogens is 1. The normalized spacial score (nSPS) is 12.5. The van der Waals surface area contributed by atoms with E-state index >= 15 is 0 Å². The van der Waals surface area contributed by atoms with E-state index in [0.717, 1.165) is 35.0 Å². The lowest BCUT2D eigenvalue weighted by atomic mass is 10.1. The molecule has 0 saturated carbocycles. The highest BCUT2D eigenvalue weighted by Crippen LogP contribution is 2.33. The van der Waals surface area contributed by atoms with Crippen molar-refractivity contribution in [3.63, 3.8) is 0 Å². The predicted molar refractivity (Wildman–Crippen MR) is 90.9 cm³/mol. The molecule has 2 N–H and O–H groups in total. The number of unbranched alkanes of at least 4 members (excludes halogenated alkanes) is 1. The third-order valence-corrected chi connectivity index (χ3v) is 4.16. The van der Waals surface area contributed by atoms with E-state index in [4.69, 9.17) is 4.74 Å². The van der Waals surface area contributed by atoms with Crippen molar-refractivity contribution in [2.24, 2.45) is 0 Å². The Morgan fingerprint density at radius 3 is 2.86 bits per heavy atom. The maximum absolute atomic E-state index is 9.91. The molecule has 3 nitrogen and oxygen atoms in total. The lowest BCUT2D eigenvalue weighted by Crippen LogP contribution is -2.32. The van der Waals surface area contributed by atoms with Crippen LogP contribution in [0.15, 0.2) is 40.9 Å². The highest BCUT2D eigenvalue weighted by atomic mass is 79.9. The highest BCUT2D eigenvalue weighted by molar-refractivity contribution is 9.10. The van der Waals surface area contributed by atoms with Gasteiger partial charge in [0.1, 0.15) is 18.5 Å². The van der Waals surface area contributed by atoms with Gasteiger partial charge in [0.05, 0.1) is 4.47 Å². The fourth-order valence-electron chi connectivity index (χ4n) is 2.14. The van der Waals surface area contributed by atoms with Crippen LogP contribution in [0.3, 0.4) is 0 Å². The highest BCUT2D eigenvalue weighted by Gasteiger charge is 2.09. The third kappa shape index (κ3) is 4.70. The van der Waals surface area contributed by atoms with Crippen LogP contribution in [0.4, 0.5) is 0 Å². The van der Waals surface area contributed by atoms with Crippen LogP contribution in [0.2, 0.25) is 0 Å². The van der Waals surface area contributed by atoms with Gasteiger partial charge in [-0.25, -0.2) is 0 Å². The number of hydrogen-bond donors (Lipinski definition) is 2. The number of rotatable bonds is 8. The topological polar surface area (TPSA) is 41.5 Å². The molecule has 0 aromatic heterocycles. The Morgan fingerprint density at radius 2 is 2.05 bits per heavy atom. The Balaban J connectivity index is 1.90. The summed E-state index contributed by atoms with van der Waals surface area (Å²) in [5.74, 6) is 0.765. The van der Waals surface area contributed by atoms with Crippen LogP contribution in [-0.2, 0) is 0 Å². The zero-order chi connectivity index (χ0) is 15.1. The molecule has 0 spiro atoms. The molecule has 1 unspecified atom stereocenters. The summed E-state index contributed by atoms with van der Waals surface area (Å²) in [5, 5.41) is 15.4. The number of aliphatic hydroxyl groups excluding tert-OH is 1. The van der Waals surface area contributed by atoms with Crippen molar-refractivity contribution < 1.29 is 9.84 Å². The largest absolute Gasteiger partial charge is 0.490 e. The van der Waals surface area contributed by atoms with Gasteiger partial charge >= 0.3 is 0 Å². The molecule has 2 aromatic rings. The number of hydrogen-bond acceptors (Lipinski definition) is 3. The van der Waals surface area contributed by atoms with Gasteiger partial charge < -0.3 is 15.2 Å². The van der Waals surface area contributed by atoms with Crippen molar-refractivity contribution in [2.45, 2.75) is 25.9 Å². The van der Waals surface area contributed by atoms with Crippen molar-refractivity contribution in [1.82, 2.24) is 5.32 Å². The summed E-state index contributed by atoms with van der Waals surface area (Å²) in [5.41, 5.74) is 0. The molecule has 21 heavy (non-hydrogen) atoms. The standard InChI is InChI=1S/C17H22BrNO2/c1-2-3-10-19-11-14(20)12-21-16-9-8-13-6-4-5-7-15(13)17(16)18/h4-9,14,19-20H,2-3,10-12H2,1H3. The van der Waals surface area contributed by atoms with Gasteiger partial charge in [-0.15, -0.1) is 0 Å². The molecule has 0 aliphatic rings. The van der Waals surface area contributed by atoms with Crippen LogP contribution in [0.25, 0.3) is 10.8 Å². The molecule has 4 heteroatoms. The van der Waals surface area contributed by atoms with Crippen LogP contribution in [0, 0.1) is 0 Å². The number of benzene rings is 2. The second-order valence-corrected chi connectivity index (χ2v) is 5.91. The van der Waals surface area contributed by atoms with E-state index in [-0.39, 0.29) is 6.61 Å². The Hall–Kier alpha value is -1.10. The molecule has 2 aromatic carbocycles. The molecule has 0 heterocycles. The van der Waals surface area contributed by atoms with E-state index in [1.54, 1.807) is 0 Å².